The molecule has 0 spiro atoms. The molecular weight excluding hydrogens is 350 g/mol. The van der Waals surface area contributed by atoms with Gasteiger partial charge in [-0.05, 0) is 36.4 Å². The molecule has 2 N–H and O–H groups in total. The van der Waals surface area contributed by atoms with Crippen molar-refractivity contribution in [3.8, 4) is 11.8 Å². The third kappa shape index (κ3) is 4.29. The summed E-state index contributed by atoms with van der Waals surface area (Å²) in [6.07, 6.45) is 0. The molecule has 3 aromatic rings. The number of carbonyl (C=O) groups excluding carboxylic acids is 2. The molecule has 0 unspecified atom stereocenters. The Bertz CT molecular complexity index is 1100. The summed E-state index contributed by atoms with van der Waals surface area (Å²) in [5.74, 6) is -1.04. The Labute approximate surface area is 152 Å². The number of hydrogen-bond acceptors (Lipinski definition) is 6. The second-order valence-electron chi connectivity index (χ2n) is 5.41. The molecule has 0 saturated carbocycles. The number of nitriles is 1. The van der Waals surface area contributed by atoms with Crippen LogP contribution in [0.3, 0.4) is 0 Å². The number of carbonyl (C=O) groups is 2. The minimum absolute atomic E-state index is 0.234. The van der Waals surface area contributed by atoms with Crippen LogP contribution >= 0.6 is 0 Å². The summed E-state index contributed by atoms with van der Waals surface area (Å²) in [6, 6.07) is 16.3. The molecule has 0 radical (unpaired) electrons. The molecule has 0 aliphatic heterocycles. The van der Waals surface area contributed by atoms with Crippen molar-refractivity contribution in [2.24, 2.45) is 0 Å². The molecule has 0 aliphatic rings. The van der Waals surface area contributed by atoms with Crippen LogP contribution in [0.5, 0.6) is 5.75 Å². The molecule has 8 heteroatoms. The second-order valence-corrected chi connectivity index (χ2v) is 5.41. The molecule has 0 fully saturated rings. The summed E-state index contributed by atoms with van der Waals surface area (Å²) in [7, 11) is 0. The van der Waals surface area contributed by atoms with Crippen molar-refractivity contribution >= 4 is 22.8 Å². The van der Waals surface area contributed by atoms with Crippen molar-refractivity contribution in [1.29, 1.82) is 5.26 Å². The zero-order valence-electron chi connectivity index (χ0n) is 13.9. The van der Waals surface area contributed by atoms with E-state index in [2.05, 4.69) is 10.9 Å². The average Bonchev–Trinajstić information content (AvgIpc) is 2.70. The van der Waals surface area contributed by atoms with Crippen LogP contribution in [0.25, 0.3) is 11.0 Å². The smallest absolute Gasteiger partial charge is 0.349 e. The lowest BCUT2D eigenvalue weighted by Gasteiger charge is -2.08. The molecule has 0 aliphatic carbocycles. The van der Waals surface area contributed by atoms with Crippen LogP contribution in [0.4, 0.5) is 0 Å². The average molecular weight is 363 g/mol. The van der Waals surface area contributed by atoms with Gasteiger partial charge in [-0.25, -0.2) is 4.79 Å². The van der Waals surface area contributed by atoms with Gasteiger partial charge in [0, 0.05) is 5.39 Å². The summed E-state index contributed by atoms with van der Waals surface area (Å²) in [6.45, 7) is -0.363. The van der Waals surface area contributed by atoms with Crippen LogP contribution in [0.1, 0.15) is 15.9 Å². The quantitative estimate of drug-likeness (QED) is 0.535. The molecule has 27 heavy (non-hydrogen) atoms. The number of ether oxygens (including phenoxy) is 1. The first-order chi connectivity index (χ1) is 13.1. The first-order valence-electron chi connectivity index (χ1n) is 7.82. The maximum Gasteiger partial charge on any atom is 0.349 e. The standard InChI is InChI=1S/C19H13N3O5/c20-10-12-5-7-14(8-6-12)26-11-17(23)21-22-18(24)15-9-13-3-1-2-4-16(13)27-19(15)25/h1-9H,11H2,(H,21,23)(H,22,24). The number of nitrogens with one attached hydrogen (secondary N) is 2. The Kier molecular flexibility index (Phi) is 5.14. The van der Waals surface area contributed by atoms with E-state index in [9.17, 15) is 14.4 Å². The third-order valence-electron chi connectivity index (χ3n) is 3.55. The fourth-order valence-electron chi connectivity index (χ4n) is 2.22. The van der Waals surface area contributed by atoms with Gasteiger partial charge in [-0.3, -0.25) is 20.4 Å². The zero-order valence-corrected chi connectivity index (χ0v) is 13.9. The Morgan fingerprint density at radius 2 is 1.81 bits per heavy atom. The highest BCUT2D eigenvalue weighted by molar-refractivity contribution is 5.97. The largest absolute Gasteiger partial charge is 0.484 e. The number of nitrogens with zero attached hydrogens (tertiary/aromatic N) is 1. The van der Waals surface area contributed by atoms with Crippen molar-refractivity contribution in [3.05, 3.63) is 76.1 Å². The molecule has 0 bridgehead atoms. The van der Waals surface area contributed by atoms with Crippen LogP contribution in [0, 0.1) is 11.3 Å². The van der Waals surface area contributed by atoms with Gasteiger partial charge in [0.05, 0.1) is 11.6 Å². The van der Waals surface area contributed by atoms with Crippen LogP contribution in [0.15, 0.2) is 63.8 Å². The van der Waals surface area contributed by atoms with Crippen LogP contribution < -0.4 is 21.2 Å². The highest BCUT2D eigenvalue weighted by Crippen LogP contribution is 2.12. The predicted molar refractivity (Wildman–Crippen MR) is 94.7 cm³/mol. The molecule has 0 atom stereocenters. The van der Waals surface area contributed by atoms with Gasteiger partial charge in [0.2, 0.25) is 0 Å². The first kappa shape index (κ1) is 17.7. The predicted octanol–water partition coefficient (Wildman–Crippen LogP) is 1.50. The number of amides is 2. The molecule has 8 nitrogen and oxygen atoms in total. The fourth-order valence-corrected chi connectivity index (χ4v) is 2.22. The van der Waals surface area contributed by atoms with E-state index in [0.29, 0.717) is 22.3 Å². The van der Waals surface area contributed by atoms with Gasteiger partial charge < -0.3 is 9.15 Å². The van der Waals surface area contributed by atoms with Crippen molar-refractivity contribution in [1.82, 2.24) is 10.9 Å². The Hall–Kier alpha value is -4.12. The Morgan fingerprint density at radius 3 is 2.56 bits per heavy atom. The SMILES string of the molecule is N#Cc1ccc(OCC(=O)NNC(=O)c2cc3ccccc3oc2=O)cc1. The molecule has 2 amide bonds. The lowest BCUT2D eigenvalue weighted by Crippen LogP contribution is -2.45. The van der Waals surface area contributed by atoms with E-state index in [1.165, 1.54) is 6.07 Å². The number of fused-ring (bicyclic) bond motifs is 1. The number of benzene rings is 2. The number of hydrazine groups is 1. The van der Waals surface area contributed by atoms with E-state index < -0.39 is 17.4 Å². The summed E-state index contributed by atoms with van der Waals surface area (Å²) >= 11 is 0. The molecular formula is C19H13N3O5. The van der Waals surface area contributed by atoms with Crippen molar-refractivity contribution in [2.75, 3.05) is 6.61 Å². The van der Waals surface area contributed by atoms with Gasteiger partial charge in [-0.2, -0.15) is 5.26 Å². The van der Waals surface area contributed by atoms with E-state index in [1.807, 2.05) is 6.07 Å². The molecule has 1 aromatic heterocycles. The van der Waals surface area contributed by atoms with E-state index in [0.717, 1.165) is 0 Å². The summed E-state index contributed by atoms with van der Waals surface area (Å²) in [4.78, 5) is 35.8. The Balaban J connectivity index is 1.57. The van der Waals surface area contributed by atoms with Gasteiger partial charge >= 0.3 is 5.63 Å². The molecule has 0 saturated heterocycles. The topological polar surface area (TPSA) is 121 Å². The van der Waals surface area contributed by atoms with E-state index in [1.54, 1.807) is 48.5 Å². The van der Waals surface area contributed by atoms with Gasteiger partial charge in [0.25, 0.3) is 11.8 Å². The number of para-hydroxylation sites is 1. The molecule has 1 heterocycles. The van der Waals surface area contributed by atoms with E-state index >= 15 is 0 Å². The van der Waals surface area contributed by atoms with Crippen LogP contribution in [0.2, 0.25) is 0 Å². The van der Waals surface area contributed by atoms with E-state index in [-0.39, 0.29) is 12.2 Å². The second kappa shape index (κ2) is 7.84. The molecule has 134 valence electrons. The highest BCUT2D eigenvalue weighted by atomic mass is 16.5. The highest BCUT2D eigenvalue weighted by Gasteiger charge is 2.14. The van der Waals surface area contributed by atoms with E-state index in [4.69, 9.17) is 14.4 Å². The summed E-state index contributed by atoms with van der Waals surface area (Å²) < 4.78 is 10.3. The normalized spacial score (nSPS) is 10.0. The van der Waals surface area contributed by atoms with Gasteiger partial charge in [0.15, 0.2) is 6.61 Å². The minimum Gasteiger partial charge on any atom is -0.484 e. The van der Waals surface area contributed by atoms with Crippen molar-refractivity contribution in [3.63, 3.8) is 0 Å². The lowest BCUT2D eigenvalue weighted by molar-refractivity contribution is -0.123. The molecule has 2 aromatic carbocycles. The summed E-state index contributed by atoms with van der Waals surface area (Å²) in [5, 5.41) is 9.30. The maximum atomic E-state index is 12.1. The van der Waals surface area contributed by atoms with Crippen molar-refractivity contribution < 1.29 is 18.7 Å². The minimum atomic E-state index is -0.811. The van der Waals surface area contributed by atoms with Gasteiger partial charge in [-0.15, -0.1) is 0 Å². The number of rotatable bonds is 4. The zero-order chi connectivity index (χ0) is 19.2. The first-order valence-corrected chi connectivity index (χ1v) is 7.82. The molecule has 3 rings (SSSR count). The van der Waals surface area contributed by atoms with Gasteiger partial charge in [0.1, 0.15) is 16.9 Å². The third-order valence-corrected chi connectivity index (χ3v) is 3.55. The van der Waals surface area contributed by atoms with Crippen LogP contribution in [-0.2, 0) is 4.79 Å². The fraction of sp³-hybridized carbons (Fsp3) is 0.0526. The summed E-state index contributed by atoms with van der Waals surface area (Å²) in [5.41, 5.74) is 4.07. The van der Waals surface area contributed by atoms with Crippen molar-refractivity contribution in [2.45, 2.75) is 0 Å². The van der Waals surface area contributed by atoms with Crippen LogP contribution in [-0.4, -0.2) is 18.4 Å². The Morgan fingerprint density at radius 1 is 1.07 bits per heavy atom. The maximum absolute atomic E-state index is 12.1. The monoisotopic (exact) mass is 363 g/mol. The number of hydrogen-bond donors (Lipinski definition) is 2. The van der Waals surface area contributed by atoms with Gasteiger partial charge in [-0.1, -0.05) is 18.2 Å². The lowest BCUT2D eigenvalue weighted by atomic mass is 10.2.